The molecule has 1 saturated carbocycles. The van der Waals surface area contributed by atoms with E-state index in [1.165, 1.54) is 25.7 Å². The Morgan fingerprint density at radius 3 is 2.71 bits per heavy atom. The first-order valence-electron chi connectivity index (χ1n) is 8.84. The maximum absolute atomic E-state index is 12.7. The summed E-state index contributed by atoms with van der Waals surface area (Å²) in [6.45, 7) is 0.795. The zero-order valence-electron chi connectivity index (χ0n) is 13.7. The Labute approximate surface area is 141 Å². The minimum Gasteiger partial charge on any atom is -0.418 e. The van der Waals surface area contributed by atoms with Crippen molar-refractivity contribution in [2.45, 2.75) is 51.0 Å². The highest BCUT2D eigenvalue weighted by atomic mass is 16.4. The fourth-order valence-electron chi connectivity index (χ4n) is 3.88. The summed E-state index contributed by atoms with van der Waals surface area (Å²) in [5, 5.41) is 8.35. The molecule has 3 heterocycles. The van der Waals surface area contributed by atoms with Crippen LogP contribution in [0.1, 0.15) is 56.9 Å². The lowest BCUT2D eigenvalue weighted by molar-refractivity contribution is -0.133. The van der Waals surface area contributed by atoms with Crippen molar-refractivity contribution in [2.24, 2.45) is 5.92 Å². The first-order chi connectivity index (χ1) is 11.8. The van der Waals surface area contributed by atoms with Crippen LogP contribution in [0, 0.1) is 5.92 Å². The predicted octanol–water partition coefficient (Wildman–Crippen LogP) is 3.38. The molecule has 0 spiro atoms. The van der Waals surface area contributed by atoms with Crippen molar-refractivity contribution in [3.8, 4) is 11.5 Å². The highest BCUT2D eigenvalue weighted by Gasteiger charge is 2.35. The van der Waals surface area contributed by atoms with Gasteiger partial charge in [0.15, 0.2) is 0 Å². The molecule has 0 bridgehead atoms. The minimum atomic E-state index is -0.0676. The van der Waals surface area contributed by atoms with Crippen molar-refractivity contribution >= 4 is 5.91 Å². The van der Waals surface area contributed by atoms with Crippen LogP contribution >= 0.6 is 0 Å². The molecule has 2 fully saturated rings. The van der Waals surface area contributed by atoms with Crippen LogP contribution in [0.5, 0.6) is 0 Å². The molecule has 6 heteroatoms. The SMILES string of the molecule is O=C(CC1CCCC1)N1CCCC1c1nnc(-c2ccncc2)o1. The lowest BCUT2D eigenvalue weighted by Gasteiger charge is -2.23. The number of hydrogen-bond donors (Lipinski definition) is 0. The lowest BCUT2D eigenvalue weighted by Crippen LogP contribution is -2.31. The van der Waals surface area contributed by atoms with Crippen molar-refractivity contribution in [1.29, 1.82) is 0 Å². The third kappa shape index (κ3) is 3.05. The van der Waals surface area contributed by atoms with E-state index in [4.69, 9.17) is 4.42 Å². The van der Waals surface area contributed by atoms with Gasteiger partial charge in [0.2, 0.25) is 17.7 Å². The smallest absolute Gasteiger partial charge is 0.247 e. The van der Waals surface area contributed by atoms with E-state index in [2.05, 4.69) is 15.2 Å². The Bertz CT molecular complexity index is 694. The van der Waals surface area contributed by atoms with Gasteiger partial charge in [0.25, 0.3) is 0 Å². The molecule has 1 atom stereocenters. The number of likely N-dealkylation sites (tertiary alicyclic amines) is 1. The summed E-state index contributed by atoms with van der Waals surface area (Å²) in [4.78, 5) is 18.6. The fraction of sp³-hybridized carbons (Fsp3) is 0.556. The highest BCUT2D eigenvalue weighted by molar-refractivity contribution is 5.77. The van der Waals surface area contributed by atoms with Gasteiger partial charge in [-0.25, -0.2) is 0 Å². The zero-order chi connectivity index (χ0) is 16.4. The monoisotopic (exact) mass is 326 g/mol. The van der Waals surface area contributed by atoms with Crippen molar-refractivity contribution in [2.75, 3.05) is 6.54 Å². The molecular weight excluding hydrogens is 304 g/mol. The van der Waals surface area contributed by atoms with Crippen LogP contribution in [0.4, 0.5) is 0 Å². The van der Waals surface area contributed by atoms with Gasteiger partial charge in [-0.2, -0.15) is 0 Å². The van der Waals surface area contributed by atoms with Crippen molar-refractivity contribution in [3.05, 3.63) is 30.4 Å². The van der Waals surface area contributed by atoms with E-state index < -0.39 is 0 Å². The third-order valence-electron chi connectivity index (χ3n) is 5.16. The van der Waals surface area contributed by atoms with Gasteiger partial charge >= 0.3 is 0 Å². The molecule has 2 aromatic rings. The number of carbonyl (C=O) groups is 1. The average Bonchev–Trinajstić information content (AvgIpc) is 3.36. The molecule has 4 rings (SSSR count). The lowest BCUT2D eigenvalue weighted by atomic mass is 10.0. The molecule has 6 nitrogen and oxygen atoms in total. The number of hydrogen-bond acceptors (Lipinski definition) is 5. The molecular formula is C18H22N4O2. The number of carbonyl (C=O) groups excluding carboxylic acids is 1. The van der Waals surface area contributed by atoms with Crippen LogP contribution in [0.3, 0.4) is 0 Å². The largest absolute Gasteiger partial charge is 0.418 e. The van der Waals surface area contributed by atoms with Crippen molar-refractivity contribution in [3.63, 3.8) is 0 Å². The van der Waals surface area contributed by atoms with Gasteiger partial charge in [-0.15, -0.1) is 10.2 Å². The number of pyridine rings is 1. The average molecular weight is 326 g/mol. The van der Waals surface area contributed by atoms with E-state index >= 15 is 0 Å². The van der Waals surface area contributed by atoms with Crippen LogP contribution < -0.4 is 0 Å². The fourth-order valence-corrected chi connectivity index (χ4v) is 3.88. The zero-order valence-corrected chi connectivity index (χ0v) is 13.7. The van der Waals surface area contributed by atoms with Crippen molar-refractivity contribution in [1.82, 2.24) is 20.1 Å². The normalized spacial score (nSPS) is 21.5. The summed E-state index contributed by atoms with van der Waals surface area (Å²) in [5.41, 5.74) is 0.852. The minimum absolute atomic E-state index is 0.0676. The molecule has 2 aromatic heterocycles. The first kappa shape index (κ1) is 15.3. The van der Waals surface area contributed by atoms with Gasteiger partial charge in [-0.05, 0) is 43.7 Å². The molecule has 2 aliphatic rings. The maximum atomic E-state index is 12.7. The van der Waals surface area contributed by atoms with Crippen LogP contribution in [0.25, 0.3) is 11.5 Å². The Kier molecular flexibility index (Phi) is 4.28. The van der Waals surface area contributed by atoms with E-state index in [0.29, 0.717) is 24.1 Å². The summed E-state index contributed by atoms with van der Waals surface area (Å²) in [7, 11) is 0. The van der Waals surface area contributed by atoms with Crippen LogP contribution in [-0.4, -0.2) is 32.5 Å². The third-order valence-corrected chi connectivity index (χ3v) is 5.16. The molecule has 1 aliphatic heterocycles. The van der Waals surface area contributed by atoms with E-state index in [-0.39, 0.29) is 11.9 Å². The van der Waals surface area contributed by atoms with E-state index in [0.717, 1.165) is 24.9 Å². The van der Waals surface area contributed by atoms with Gasteiger partial charge < -0.3 is 9.32 Å². The summed E-state index contributed by atoms with van der Waals surface area (Å²) < 4.78 is 5.86. The molecule has 1 unspecified atom stereocenters. The second-order valence-corrected chi connectivity index (χ2v) is 6.78. The van der Waals surface area contributed by atoms with E-state index in [1.54, 1.807) is 12.4 Å². The number of aromatic nitrogens is 3. The first-order valence-corrected chi connectivity index (χ1v) is 8.84. The maximum Gasteiger partial charge on any atom is 0.247 e. The topological polar surface area (TPSA) is 72.1 Å². The molecule has 1 amide bonds. The summed E-state index contributed by atoms with van der Waals surface area (Å²) >= 11 is 0. The summed E-state index contributed by atoms with van der Waals surface area (Å²) in [6.07, 6.45) is 10.9. The van der Waals surface area contributed by atoms with E-state index in [1.807, 2.05) is 17.0 Å². The van der Waals surface area contributed by atoms with Crippen LogP contribution in [0.15, 0.2) is 28.9 Å². The van der Waals surface area contributed by atoms with Gasteiger partial charge in [-0.3, -0.25) is 9.78 Å². The van der Waals surface area contributed by atoms with E-state index in [9.17, 15) is 4.79 Å². The second-order valence-electron chi connectivity index (χ2n) is 6.78. The molecule has 0 N–H and O–H groups in total. The Hall–Kier alpha value is -2.24. The number of nitrogens with zero attached hydrogens (tertiary/aromatic N) is 4. The quantitative estimate of drug-likeness (QED) is 0.861. The standard InChI is InChI=1S/C18H22N4O2/c23-16(12-13-4-1-2-5-13)22-11-3-6-15(22)18-21-20-17(24-18)14-7-9-19-10-8-14/h7-10,13,15H,1-6,11-12H2. The molecule has 1 aliphatic carbocycles. The number of amides is 1. The van der Waals surface area contributed by atoms with Gasteiger partial charge in [-0.1, -0.05) is 12.8 Å². The molecule has 1 saturated heterocycles. The molecule has 0 aromatic carbocycles. The van der Waals surface area contributed by atoms with Gasteiger partial charge in [0.1, 0.15) is 6.04 Å². The molecule has 126 valence electrons. The Morgan fingerprint density at radius 1 is 1.12 bits per heavy atom. The van der Waals surface area contributed by atoms with Gasteiger partial charge in [0.05, 0.1) is 0 Å². The summed E-state index contributed by atoms with van der Waals surface area (Å²) in [6, 6.07) is 3.62. The molecule has 0 radical (unpaired) electrons. The number of rotatable bonds is 4. The Balaban J connectivity index is 1.48. The van der Waals surface area contributed by atoms with Crippen LogP contribution in [-0.2, 0) is 4.79 Å². The van der Waals surface area contributed by atoms with Crippen LogP contribution in [0.2, 0.25) is 0 Å². The highest BCUT2D eigenvalue weighted by Crippen LogP contribution is 2.35. The van der Waals surface area contributed by atoms with Gasteiger partial charge in [0, 0.05) is 30.9 Å². The van der Waals surface area contributed by atoms with Crippen molar-refractivity contribution < 1.29 is 9.21 Å². The Morgan fingerprint density at radius 2 is 1.92 bits per heavy atom. The second kappa shape index (κ2) is 6.71. The predicted molar refractivity (Wildman–Crippen MR) is 87.8 cm³/mol. The molecule has 24 heavy (non-hydrogen) atoms. The summed E-state index contributed by atoms with van der Waals surface area (Å²) in [5.74, 6) is 1.85.